The Hall–Kier alpha value is -1.03. The molecule has 0 aliphatic carbocycles. The zero-order valence-corrected chi connectivity index (χ0v) is 11.1. The van der Waals surface area contributed by atoms with Gasteiger partial charge in [0.15, 0.2) is 0 Å². The first-order valence-corrected chi connectivity index (χ1v) is 8.98. The number of alkyl halides is 3. The van der Waals surface area contributed by atoms with E-state index in [1.807, 2.05) is 30.3 Å². The standard InChI is InChI=1S/C13H17F3Si/c1-17(2,10-6-9-13(14,15)16)11-12-7-4-3-5-8-12/h3-9H,10-11H2,1-2H3/b9-6+. The molecule has 0 aliphatic rings. The second-order valence-electron chi connectivity index (χ2n) is 4.97. The zero-order valence-electron chi connectivity index (χ0n) is 10.1. The Morgan fingerprint density at radius 2 is 1.71 bits per heavy atom. The summed E-state index contributed by atoms with van der Waals surface area (Å²) in [5, 5.41) is 0. The van der Waals surface area contributed by atoms with Gasteiger partial charge in [0.25, 0.3) is 0 Å². The Balaban J connectivity index is 2.55. The van der Waals surface area contributed by atoms with Crippen molar-refractivity contribution in [2.75, 3.05) is 0 Å². The van der Waals surface area contributed by atoms with E-state index in [-0.39, 0.29) is 0 Å². The van der Waals surface area contributed by atoms with Gasteiger partial charge in [-0.2, -0.15) is 13.2 Å². The zero-order chi connectivity index (χ0) is 12.9. The van der Waals surface area contributed by atoms with Crippen LogP contribution in [0.3, 0.4) is 0 Å². The van der Waals surface area contributed by atoms with Gasteiger partial charge in [0, 0.05) is 6.08 Å². The summed E-state index contributed by atoms with van der Waals surface area (Å²) in [6, 6.07) is 11.4. The van der Waals surface area contributed by atoms with E-state index in [0.717, 1.165) is 6.04 Å². The van der Waals surface area contributed by atoms with Gasteiger partial charge in [-0.05, 0) is 12.1 Å². The summed E-state index contributed by atoms with van der Waals surface area (Å²) in [5.74, 6) is 0. The number of rotatable bonds is 4. The molecule has 1 aromatic carbocycles. The van der Waals surface area contributed by atoms with Gasteiger partial charge in [0.2, 0.25) is 0 Å². The molecule has 0 nitrogen and oxygen atoms in total. The van der Waals surface area contributed by atoms with Crippen molar-refractivity contribution in [3.8, 4) is 0 Å². The van der Waals surface area contributed by atoms with E-state index < -0.39 is 14.3 Å². The van der Waals surface area contributed by atoms with E-state index in [4.69, 9.17) is 0 Å². The van der Waals surface area contributed by atoms with Crippen molar-refractivity contribution in [2.24, 2.45) is 0 Å². The van der Waals surface area contributed by atoms with E-state index in [0.29, 0.717) is 12.1 Å². The van der Waals surface area contributed by atoms with E-state index in [1.54, 1.807) is 0 Å². The van der Waals surface area contributed by atoms with Crippen molar-refractivity contribution in [3.05, 3.63) is 48.0 Å². The van der Waals surface area contributed by atoms with Crippen LogP contribution < -0.4 is 0 Å². The SMILES string of the molecule is C[Si](C)(C/C=C/C(F)(F)F)Cc1ccccc1. The van der Waals surface area contributed by atoms with Gasteiger partial charge in [-0.3, -0.25) is 0 Å². The van der Waals surface area contributed by atoms with Crippen molar-refractivity contribution >= 4 is 8.07 Å². The third-order valence-electron chi connectivity index (χ3n) is 2.50. The van der Waals surface area contributed by atoms with Crippen LogP contribution in [0.1, 0.15) is 5.56 Å². The van der Waals surface area contributed by atoms with Crippen LogP contribution in [-0.4, -0.2) is 14.3 Å². The molecule has 0 spiro atoms. The minimum atomic E-state index is -4.18. The van der Waals surface area contributed by atoms with E-state index in [2.05, 4.69) is 13.1 Å². The fourth-order valence-electron chi connectivity index (χ4n) is 1.73. The molecule has 0 radical (unpaired) electrons. The Morgan fingerprint density at radius 1 is 1.12 bits per heavy atom. The summed E-state index contributed by atoms with van der Waals surface area (Å²) in [4.78, 5) is 0. The molecule has 17 heavy (non-hydrogen) atoms. The lowest BCUT2D eigenvalue weighted by Gasteiger charge is -2.20. The van der Waals surface area contributed by atoms with Crippen LogP contribution in [0.5, 0.6) is 0 Å². The molecule has 4 heteroatoms. The molecule has 0 saturated heterocycles. The van der Waals surface area contributed by atoms with Gasteiger partial charge < -0.3 is 0 Å². The minimum Gasteiger partial charge on any atom is -0.167 e. The second-order valence-corrected chi connectivity index (χ2v) is 10.1. The molecule has 0 saturated carbocycles. The van der Waals surface area contributed by atoms with Crippen LogP contribution in [-0.2, 0) is 6.04 Å². The summed E-state index contributed by atoms with van der Waals surface area (Å²) in [7, 11) is -1.63. The molecule has 0 atom stereocenters. The first-order chi connectivity index (χ1) is 7.79. The highest BCUT2D eigenvalue weighted by atomic mass is 28.3. The monoisotopic (exact) mass is 258 g/mol. The quantitative estimate of drug-likeness (QED) is 0.547. The average Bonchev–Trinajstić information content (AvgIpc) is 2.15. The number of hydrogen-bond donors (Lipinski definition) is 0. The summed E-state index contributed by atoms with van der Waals surface area (Å²) in [5.41, 5.74) is 1.21. The van der Waals surface area contributed by atoms with Crippen LogP contribution >= 0.6 is 0 Å². The number of benzene rings is 1. The highest BCUT2D eigenvalue weighted by Crippen LogP contribution is 2.20. The van der Waals surface area contributed by atoms with Gasteiger partial charge in [0.1, 0.15) is 0 Å². The van der Waals surface area contributed by atoms with Gasteiger partial charge in [-0.1, -0.05) is 55.1 Å². The topological polar surface area (TPSA) is 0 Å². The molecule has 1 rings (SSSR count). The molecule has 0 fully saturated rings. The van der Waals surface area contributed by atoms with Crippen LogP contribution in [0.4, 0.5) is 13.2 Å². The first kappa shape index (κ1) is 14.0. The summed E-state index contributed by atoms with van der Waals surface area (Å²) in [6.07, 6.45) is -2.56. The Labute approximate surface area is 101 Å². The summed E-state index contributed by atoms with van der Waals surface area (Å²) >= 11 is 0. The molecule has 0 N–H and O–H groups in total. The molecule has 0 bridgehead atoms. The lowest BCUT2D eigenvalue weighted by atomic mass is 10.2. The van der Waals surface area contributed by atoms with Gasteiger partial charge in [0.05, 0.1) is 8.07 Å². The van der Waals surface area contributed by atoms with Crippen molar-refractivity contribution in [1.82, 2.24) is 0 Å². The number of halogens is 3. The maximum atomic E-state index is 12.0. The fraction of sp³-hybridized carbons (Fsp3) is 0.385. The smallest absolute Gasteiger partial charge is 0.167 e. The van der Waals surface area contributed by atoms with Crippen LogP contribution in [0, 0.1) is 0 Å². The Morgan fingerprint density at radius 3 is 2.24 bits per heavy atom. The highest BCUT2D eigenvalue weighted by Gasteiger charge is 2.24. The molecule has 0 amide bonds. The third kappa shape index (κ3) is 6.31. The van der Waals surface area contributed by atoms with Crippen molar-refractivity contribution in [1.29, 1.82) is 0 Å². The molecule has 0 aliphatic heterocycles. The largest absolute Gasteiger partial charge is 0.409 e. The maximum Gasteiger partial charge on any atom is 0.409 e. The molecule has 0 heterocycles. The lowest BCUT2D eigenvalue weighted by Crippen LogP contribution is -2.28. The van der Waals surface area contributed by atoms with Gasteiger partial charge in [-0.15, -0.1) is 0 Å². The molecule has 1 aromatic rings. The fourth-order valence-corrected chi connectivity index (χ4v) is 3.97. The van der Waals surface area contributed by atoms with Crippen molar-refractivity contribution in [3.63, 3.8) is 0 Å². The first-order valence-electron chi connectivity index (χ1n) is 5.57. The molecule has 94 valence electrons. The van der Waals surface area contributed by atoms with Crippen molar-refractivity contribution < 1.29 is 13.2 Å². The maximum absolute atomic E-state index is 12.0. The minimum absolute atomic E-state index is 0.354. The second kappa shape index (κ2) is 5.54. The van der Waals surface area contributed by atoms with Crippen LogP contribution in [0.25, 0.3) is 0 Å². The van der Waals surface area contributed by atoms with Gasteiger partial charge in [-0.25, -0.2) is 0 Å². The van der Waals surface area contributed by atoms with Crippen molar-refractivity contribution in [2.45, 2.75) is 31.4 Å². The normalized spacial score (nSPS) is 13.2. The average molecular weight is 258 g/mol. The molecular weight excluding hydrogens is 241 g/mol. The molecule has 0 unspecified atom stereocenters. The number of hydrogen-bond acceptors (Lipinski definition) is 0. The number of allylic oxidation sites excluding steroid dienone is 2. The predicted octanol–water partition coefficient (Wildman–Crippen LogP) is 4.60. The molecule has 0 aromatic heterocycles. The van der Waals surface area contributed by atoms with E-state index in [1.165, 1.54) is 11.6 Å². The van der Waals surface area contributed by atoms with Crippen LogP contribution in [0.2, 0.25) is 19.1 Å². The molecular formula is C13H17F3Si. The van der Waals surface area contributed by atoms with E-state index in [9.17, 15) is 13.2 Å². The van der Waals surface area contributed by atoms with Gasteiger partial charge >= 0.3 is 6.18 Å². The Bertz CT molecular complexity index is 366. The van der Waals surface area contributed by atoms with E-state index >= 15 is 0 Å². The lowest BCUT2D eigenvalue weighted by molar-refractivity contribution is -0.0799. The summed E-state index contributed by atoms with van der Waals surface area (Å²) in [6.45, 7) is 4.22. The highest BCUT2D eigenvalue weighted by molar-refractivity contribution is 6.77. The third-order valence-corrected chi connectivity index (χ3v) is 5.21. The predicted molar refractivity (Wildman–Crippen MR) is 67.6 cm³/mol. The Kier molecular flexibility index (Phi) is 4.57. The summed E-state index contributed by atoms with van der Waals surface area (Å²) < 4.78 is 36.0. The van der Waals surface area contributed by atoms with Crippen LogP contribution in [0.15, 0.2) is 42.5 Å².